The van der Waals surface area contributed by atoms with Crippen molar-refractivity contribution < 1.29 is 0 Å². The number of rotatable bonds is 3. The monoisotopic (exact) mass is 302 g/mol. The molecule has 0 fully saturated rings. The highest BCUT2D eigenvalue weighted by atomic mass is 79.9. The highest BCUT2D eigenvalue weighted by molar-refractivity contribution is 9.10. The molecule has 0 aromatic carbocycles. The number of halogens is 2. The molecule has 0 saturated heterocycles. The highest BCUT2D eigenvalue weighted by Gasteiger charge is 2.11. The standard InChI is InChI=1S/C10H12BrClN4/c1-7-10(11)9(15(2)14-7)5-16-4-8(3-12)13-6-16/h4,6H,3,5H2,1-2H3. The lowest BCUT2D eigenvalue weighted by atomic mass is 10.3. The summed E-state index contributed by atoms with van der Waals surface area (Å²) in [6.07, 6.45) is 3.73. The Morgan fingerprint density at radius 3 is 2.75 bits per heavy atom. The zero-order valence-corrected chi connectivity index (χ0v) is 11.5. The molecule has 0 bridgehead atoms. The molecule has 2 aromatic heterocycles. The van der Waals surface area contributed by atoms with E-state index in [0.717, 1.165) is 28.1 Å². The second kappa shape index (κ2) is 4.59. The quantitative estimate of drug-likeness (QED) is 0.817. The predicted molar refractivity (Wildman–Crippen MR) is 66.5 cm³/mol. The van der Waals surface area contributed by atoms with Crippen LogP contribution in [0.25, 0.3) is 0 Å². The Kier molecular flexibility index (Phi) is 3.35. The van der Waals surface area contributed by atoms with Gasteiger partial charge in [-0.05, 0) is 22.9 Å². The summed E-state index contributed by atoms with van der Waals surface area (Å²) in [4.78, 5) is 4.18. The van der Waals surface area contributed by atoms with E-state index >= 15 is 0 Å². The van der Waals surface area contributed by atoms with Gasteiger partial charge in [-0.3, -0.25) is 4.68 Å². The van der Waals surface area contributed by atoms with Crippen molar-refractivity contribution in [3.63, 3.8) is 0 Å². The van der Waals surface area contributed by atoms with Crippen LogP contribution in [-0.2, 0) is 19.5 Å². The molecule has 0 radical (unpaired) electrons. The largest absolute Gasteiger partial charge is 0.331 e. The van der Waals surface area contributed by atoms with Gasteiger partial charge >= 0.3 is 0 Å². The number of nitrogens with zero attached hydrogens (tertiary/aromatic N) is 4. The van der Waals surface area contributed by atoms with E-state index in [1.807, 2.05) is 29.4 Å². The molecule has 0 unspecified atom stereocenters. The van der Waals surface area contributed by atoms with Gasteiger partial charge in [-0.25, -0.2) is 4.98 Å². The van der Waals surface area contributed by atoms with Gasteiger partial charge in [0.25, 0.3) is 0 Å². The lowest BCUT2D eigenvalue weighted by Crippen LogP contribution is -2.04. The first kappa shape index (κ1) is 11.7. The van der Waals surface area contributed by atoms with Crippen LogP contribution in [0.3, 0.4) is 0 Å². The maximum absolute atomic E-state index is 5.71. The predicted octanol–water partition coefficient (Wildman–Crippen LogP) is 2.47. The topological polar surface area (TPSA) is 35.6 Å². The van der Waals surface area contributed by atoms with E-state index in [2.05, 4.69) is 26.0 Å². The molecule has 0 aliphatic heterocycles. The molecule has 0 aliphatic carbocycles. The van der Waals surface area contributed by atoms with E-state index in [4.69, 9.17) is 11.6 Å². The van der Waals surface area contributed by atoms with Crippen molar-refractivity contribution in [2.75, 3.05) is 0 Å². The Labute approximate surface area is 107 Å². The fraction of sp³-hybridized carbons (Fsp3) is 0.400. The van der Waals surface area contributed by atoms with Gasteiger partial charge in [-0.1, -0.05) is 0 Å². The third-order valence-corrected chi connectivity index (χ3v) is 3.72. The summed E-state index contributed by atoms with van der Waals surface area (Å²) in [5, 5.41) is 4.34. The molecule has 2 rings (SSSR count). The normalized spacial score (nSPS) is 11.0. The molecule has 0 amide bonds. The Bertz CT molecular complexity index is 503. The van der Waals surface area contributed by atoms with Crippen LogP contribution in [-0.4, -0.2) is 19.3 Å². The smallest absolute Gasteiger partial charge is 0.0953 e. The van der Waals surface area contributed by atoms with Crippen molar-refractivity contribution in [2.45, 2.75) is 19.3 Å². The van der Waals surface area contributed by atoms with E-state index in [1.54, 1.807) is 6.33 Å². The van der Waals surface area contributed by atoms with Gasteiger partial charge in [0, 0.05) is 13.2 Å². The van der Waals surface area contributed by atoms with Crippen molar-refractivity contribution in [1.82, 2.24) is 19.3 Å². The first-order valence-electron chi connectivity index (χ1n) is 4.86. The zero-order valence-electron chi connectivity index (χ0n) is 9.11. The summed E-state index contributed by atoms with van der Waals surface area (Å²) < 4.78 is 4.93. The van der Waals surface area contributed by atoms with Crippen LogP contribution in [0.1, 0.15) is 17.1 Å². The summed E-state index contributed by atoms with van der Waals surface area (Å²) in [6.45, 7) is 2.72. The highest BCUT2D eigenvalue weighted by Crippen LogP contribution is 2.21. The maximum atomic E-state index is 5.71. The molecular formula is C10H12BrClN4. The van der Waals surface area contributed by atoms with Crippen LogP contribution in [0.5, 0.6) is 0 Å². The second-order valence-corrected chi connectivity index (χ2v) is 4.70. The van der Waals surface area contributed by atoms with Crippen molar-refractivity contribution in [1.29, 1.82) is 0 Å². The summed E-state index contributed by atoms with van der Waals surface area (Å²) in [5.41, 5.74) is 3.00. The Balaban J connectivity index is 2.26. The molecule has 6 heteroatoms. The van der Waals surface area contributed by atoms with Crippen LogP contribution < -0.4 is 0 Å². The summed E-state index contributed by atoms with van der Waals surface area (Å²) >= 11 is 9.25. The van der Waals surface area contributed by atoms with Crippen LogP contribution in [0.2, 0.25) is 0 Å². The average molecular weight is 304 g/mol. The molecule has 0 N–H and O–H groups in total. The van der Waals surface area contributed by atoms with Crippen molar-refractivity contribution in [3.05, 3.63) is 34.1 Å². The average Bonchev–Trinajstić information content (AvgIpc) is 2.80. The number of hydrogen-bond acceptors (Lipinski definition) is 2. The first-order valence-corrected chi connectivity index (χ1v) is 6.19. The van der Waals surface area contributed by atoms with Crippen LogP contribution in [0.15, 0.2) is 17.0 Å². The number of aryl methyl sites for hydroxylation is 2. The van der Waals surface area contributed by atoms with Crippen LogP contribution in [0.4, 0.5) is 0 Å². The van der Waals surface area contributed by atoms with E-state index in [0.29, 0.717) is 5.88 Å². The SMILES string of the molecule is Cc1nn(C)c(Cn2cnc(CCl)c2)c1Br. The minimum absolute atomic E-state index is 0.443. The summed E-state index contributed by atoms with van der Waals surface area (Å²) in [7, 11) is 1.94. The lowest BCUT2D eigenvalue weighted by Gasteiger charge is -2.03. The fourth-order valence-electron chi connectivity index (χ4n) is 1.59. The van der Waals surface area contributed by atoms with E-state index in [1.165, 1.54) is 0 Å². The molecule has 86 valence electrons. The number of aromatic nitrogens is 4. The Morgan fingerprint density at radius 2 is 2.25 bits per heavy atom. The van der Waals surface area contributed by atoms with Crippen LogP contribution in [0, 0.1) is 6.92 Å². The Hall–Kier alpha value is -0.810. The Morgan fingerprint density at radius 1 is 1.50 bits per heavy atom. The van der Waals surface area contributed by atoms with Crippen molar-refractivity contribution in [3.8, 4) is 0 Å². The van der Waals surface area contributed by atoms with Gasteiger partial charge in [-0.2, -0.15) is 5.10 Å². The zero-order chi connectivity index (χ0) is 11.7. The minimum atomic E-state index is 0.443. The van der Waals surface area contributed by atoms with Gasteiger partial charge in [0.1, 0.15) is 0 Å². The van der Waals surface area contributed by atoms with E-state index in [9.17, 15) is 0 Å². The number of imidazole rings is 1. The fourth-order valence-corrected chi connectivity index (χ4v) is 2.19. The molecule has 0 atom stereocenters. The molecule has 0 spiro atoms. The van der Waals surface area contributed by atoms with Gasteiger partial charge in [-0.15, -0.1) is 11.6 Å². The van der Waals surface area contributed by atoms with Gasteiger partial charge in [0.15, 0.2) is 0 Å². The molecule has 4 nitrogen and oxygen atoms in total. The summed E-state index contributed by atoms with van der Waals surface area (Å²) in [5.74, 6) is 0.443. The maximum Gasteiger partial charge on any atom is 0.0953 e. The van der Waals surface area contributed by atoms with Crippen molar-refractivity contribution in [2.24, 2.45) is 7.05 Å². The van der Waals surface area contributed by atoms with Crippen molar-refractivity contribution >= 4 is 27.5 Å². The minimum Gasteiger partial charge on any atom is -0.331 e. The third kappa shape index (κ3) is 2.15. The van der Waals surface area contributed by atoms with Gasteiger partial charge < -0.3 is 4.57 Å². The number of hydrogen-bond donors (Lipinski definition) is 0. The molecule has 16 heavy (non-hydrogen) atoms. The first-order chi connectivity index (χ1) is 7.61. The van der Waals surface area contributed by atoms with Crippen LogP contribution >= 0.6 is 27.5 Å². The molecule has 0 aliphatic rings. The number of alkyl halides is 1. The summed E-state index contributed by atoms with van der Waals surface area (Å²) in [6, 6.07) is 0. The lowest BCUT2D eigenvalue weighted by molar-refractivity contribution is 0.661. The van der Waals surface area contributed by atoms with Gasteiger partial charge in [0.05, 0.1) is 40.3 Å². The molecule has 2 heterocycles. The van der Waals surface area contributed by atoms with Gasteiger partial charge in [0.2, 0.25) is 0 Å². The van der Waals surface area contributed by atoms with E-state index in [-0.39, 0.29) is 0 Å². The molecule has 2 aromatic rings. The second-order valence-electron chi connectivity index (χ2n) is 3.64. The molecular weight excluding hydrogens is 291 g/mol. The van der Waals surface area contributed by atoms with E-state index < -0.39 is 0 Å². The third-order valence-electron chi connectivity index (χ3n) is 2.42. The molecule has 0 saturated carbocycles.